The molecule has 4 nitrogen and oxygen atoms in total. The lowest BCUT2D eigenvalue weighted by atomic mass is 10.2. The average molecular weight is 288 g/mol. The second-order valence-corrected chi connectivity index (χ2v) is 5.09. The van der Waals surface area contributed by atoms with Crippen LogP contribution >= 0.6 is 11.8 Å². The topological polar surface area (TPSA) is 64.3 Å². The van der Waals surface area contributed by atoms with E-state index >= 15 is 0 Å². The van der Waals surface area contributed by atoms with Gasteiger partial charge in [0.1, 0.15) is 11.5 Å². The first-order chi connectivity index (χ1) is 9.58. The van der Waals surface area contributed by atoms with Crippen LogP contribution in [-0.4, -0.2) is 12.2 Å². The van der Waals surface area contributed by atoms with E-state index in [0.29, 0.717) is 17.1 Å². The van der Waals surface area contributed by atoms with E-state index in [4.69, 9.17) is 10.5 Å². The summed E-state index contributed by atoms with van der Waals surface area (Å²) in [5, 5.41) is 2.66. The minimum atomic E-state index is -0.155. The summed E-state index contributed by atoms with van der Waals surface area (Å²) in [6, 6.07) is 13.0. The molecular weight excluding hydrogens is 272 g/mol. The first-order valence-corrected chi connectivity index (χ1v) is 7.30. The molecule has 0 spiro atoms. The zero-order valence-electron chi connectivity index (χ0n) is 11.3. The van der Waals surface area contributed by atoms with E-state index < -0.39 is 0 Å². The van der Waals surface area contributed by atoms with Crippen molar-refractivity contribution < 1.29 is 9.53 Å². The predicted octanol–water partition coefficient (Wildman–Crippen LogP) is 3.74. The molecule has 104 valence electrons. The number of benzene rings is 2. The van der Waals surface area contributed by atoms with E-state index in [-0.39, 0.29) is 5.91 Å². The van der Waals surface area contributed by atoms with Crippen LogP contribution in [0.4, 0.5) is 11.4 Å². The zero-order chi connectivity index (χ0) is 14.5. The van der Waals surface area contributed by atoms with Gasteiger partial charge in [-0.3, -0.25) is 4.79 Å². The van der Waals surface area contributed by atoms with E-state index in [1.165, 1.54) is 6.92 Å². The van der Waals surface area contributed by atoms with Crippen molar-refractivity contribution in [2.45, 2.75) is 11.8 Å². The number of nitrogens with one attached hydrogen (secondary N) is 1. The number of thioether (sulfide) groups is 1. The van der Waals surface area contributed by atoms with Crippen molar-refractivity contribution in [3.8, 4) is 11.5 Å². The van der Waals surface area contributed by atoms with E-state index in [1.54, 1.807) is 30.0 Å². The lowest BCUT2D eigenvalue weighted by Gasteiger charge is -2.10. The molecule has 0 atom stereocenters. The number of nitrogens with two attached hydrogens (primary N) is 1. The Balaban J connectivity index is 2.17. The van der Waals surface area contributed by atoms with Crippen LogP contribution in [-0.2, 0) is 4.79 Å². The van der Waals surface area contributed by atoms with Crippen molar-refractivity contribution in [1.82, 2.24) is 0 Å². The number of carbonyl (C=O) groups is 1. The summed E-state index contributed by atoms with van der Waals surface area (Å²) in [7, 11) is 0. The first kappa shape index (κ1) is 14.3. The van der Waals surface area contributed by atoms with Crippen LogP contribution in [0.15, 0.2) is 47.4 Å². The summed E-state index contributed by atoms with van der Waals surface area (Å²) < 4.78 is 5.76. The normalized spacial score (nSPS) is 10.1. The molecule has 2 aromatic rings. The Hall–Kier alpha value is -2.14. The second kappa shape index (κ2) is 6.34. The molecule has 0 unspecified atom stereocenters. The van der Waals surface area contributed by atoms with E-state index in [2.05, 4.69) is 5.32 Å². The summed E-state index contributed by atoms with van der Waals surface area (Å²) in [4.78, 5) is 12.1. The number of ether oxygens (including phenoxy) is 1. The third-order valence-electron chi connectivity index (χ3n) is 2.61. The smallest absolute Gasteiger partial charge is 0.221 e. The van der Waals surface area contributed by atoms with Crippen molar-refractivity contribution in [1.29, 1.82) is 0 Å². The second-order valence-electron chi connectivity index (χ2n) is 4.21. The molecule has 0 saturated carbocycles. The van der Waals surface area contributed by atoms with Gasteiger partial charge in [0.15, 0.2) is 0 Å². The van der Waals surface area contributed by atoms with E-state index in [9.17, 15) is 4.79 Å². The van der Waals surface area contributed by atoms with Gasteiger partial charge in [0.25, 0.3) is 0 Å². The maximum atomic E-state index is 11.0. The Morgan fingerprint density at radius 1 is 1.20 bits per heavy atom. The Kier molecular flexibility index (Phi) is 4.53. The van der Waals surface area contributed by atoms with Gasteiger partial charge in [-0.2, -0.15) is 0 Å². The SMILES string of the molecule is CSc1cccc(Oc2ccc(NC(C)=O)c(N)c2)c1. The van der Waals surface area contributed by atoms with Gasteiger partial charge in [0.05, 0.1) is 11.4 Å². The molecule has 0 aliphatic carbocycles. The van der Waals surface area contributed by atoms with Crippen molar-refractivity contribution in [3.05, 3.63) is 42.5 Å². The van der Waals surface area contributed by atoms with Crippen LogP contribution in [0.1, 0.15) is 6.92 Å². The van der Waals surface area contributed by atoms with Crippen molar-refractivity contribution in [3.63, 3.8) is 0 Å². The highest BCUT2D eigenvalue weighted by Gasteiger charge is 2.04. The lowest BCUT2D eigenvalue weighted by molar-refractivity contribution is -0.114. The molecular formula is C15H16N2O2S. The molecule has 5 heteroatoms. The van der Waals surface area contributed by atoms with Crippen LogP contribution < -0.4 is 15.8 Å². The number of carbonyl (C=O) groups excluding carboxylic acids is 1. The summed E-state index contributed by atoms with van der Waals surface area (Å²) in [5.41, 5.74) is 6.94. The van der Waals surface area contributed by atoms with Gasteiger partial charge in [-0.05, 0) is 36.6 Å². The fourth-order valence-corrected chi connectivity index (χ4v) is 2.16. The van der Waals surface area contributed by atoms with Crippen molar-refractivity contribution in [2.24, 2.45) is 0 Å². The molecule has 0 fully saturated rings. The maximum Gasteiger partial charge on any atom is 0.221 e. The van der Waals surface area contributed by atoms with E-state index in [1.807, 2.05) is 30.5 Å². The largest absolute Gasteiger partial charge is 0.457 e. The number of anilines is 2. The molecule has 3 N–H and O–H groups in total. The number of hydrogen-bond donors (Lipinski definition) is 2. The molecule has 1 amide bonds. The third-order valence-corrected chi connectivity index (χ3v) is 3.34. The number of nitrogen functional groups attached to an aromatic ring is 1. The molecule has 0 aliphatic heterocycles. The molecule has 0 heterocycles. The summed E-state index contributed by atoms with van der Waals surface area (Å²) in [6.07, 6.45) is 2.01. The molecule has 2 rings (SSSR count). The highest BCUT2D eigenvalue weighted by atomic mass is 32.2. The van der Waals surface area contributed by atoms with Crippen LogP contribution in [0.5, 0.6) is 11.5 Å². The van der Waals surface area contributed by atoms with Gasteiger partial charge < -0.3 is 15.8 Å². The van der Waals surface area contributed by atoms with Crippen molar-refractivity contribution >= 4 is 29.0 Å². The molecule has 0 saturated heterocycles. The van der Waals surface area contributed by atoms with Gasteiger partial charge in [0, 0.05) is 17.9 Å². The van der Waals surface area contributed by atoms with Gasteiger partial charge in [-0.15, -0.1) is 11.8 Å². The summed E-state index contributed by atoms with van der Waals surface area (Å²) in [6.45, 7) is 1.44. The monoisotopic (exact) mass is 288 g/mol. The van der Waals surface area contributed by atoms with Gasteiger partial charge in [-0.25, -0.2) is 0 Å². The maximum absolute atomic E-state index is 11.0. The zero-order valence-corrected chi connectivity index (χ0v) is 12.2. The third kappa shape index (κ3) is 3.68. The molecule has 0 radical (unpaired) electrons. The Bertz CT molecular complexity index is 629. The van der Waals surface area contributed by atoms with Crippen LogP contribution in [0.2, 0.25) is 0 Å². The minimum Gasteiger partial charge on any atom is -0.457 e. The molecule has 0 aliphatic rings. The predicted molar refractivity (Wildman–Crippen MR) is 83.5 cm³/mol. The Morgan fingerprint density at radius 3 is 2.60 bits per heavy atom. The lowest BCUT2D eigenvalue weighted by Crippen LogP contribution is -2.07. The highest BCUT2D eigenvalue weighted by Crippen LogP contribution is 2.29. The quantitative estimate of drug-likeness (QED) is 0.664. The number of amides is 1. The summed E-state index contributed by atoms with van der Waals surface area (Å²) in [5.74, 6) is 1.23. The van der Waals surface area contributed by atoms with Gasteiger partial charge in [0.2, 0.25) is 5.91 Å². The Labute approximate surface area is 122 Å². The minimum absolute atomic E-state index is 0.155. The fourth-order valence-electron chi connectivity index (χ4n) is 1.71. The van der Waals surface area contributed by atoms with Crippen LogP contribution in [0, 0.1) is 0 Å². The Morgan fingerprint density at radius 2 is 1.95 bits per heavy atom. The van der Waals surface area contributed by atoms with Gasteiger partial charge in [-0.1, -0.05) is 6.07 Å². The standard InChI is InChI=1S/C15H16N2O2S/c1-10(18)17-15-7-6-12(9-14(15)16)19-11-4-3-5-13(8-11)20-2/h3-9H,16H2,1-2H3,(H,17,18). The van der Waals surface area contributed by atoms with Crippen LogP contribution in [0.3, 0.4) is 0 Å². The first-order valence-electron chi connectivity index (χ1n) is 6.07. The highest BCUT2D eigenvalue weighted by molar-refractivity contribution is 7.98. The average Bonchev–Trinajstić information content (AvgIpc) is 2.42. The molecule has 0 bridgehead atoms. The van der Waals surface area contributed by atoms with Gasteiger partial charge >= 0.3 is 0 Å². The summed E-state index contributed by atoms with van der Waals surface area (Å²) >= 11 is 1.65. The molecule has 20 heavy (non-hydrogen) atoms. The number of rotatable bonds is 4. The van der Waals surface area contributed by atoms with Crippen LogP contribution in [0.25, 0.3) is 0 Å². The van der Waals surface area contributed by atoms with E-state index in [0.717, 1.165) is 10.6 Å². The van der Waals surface area contributed by atoms with Crippen molar-refractivity contribution in [2.75, 3.05) is 17.3 Å². The number of hydrogen-bond acceptors (Lipinski definition) is 4. The molecule has 0 aromatic heterocycles. The fraction of sp³-hybridized carbons (Fsp3) is 0.133. The molecule has 2 aromatic carbocycles.